The molecule has 2 saturated heterocycles. The minimum absolute atomic E-state index is 0.0141. The molecular formula is C22H33N3O3. The molecule has 1 aromatic carbocycles. The zero-order valence-electron chi connectivity index (χ0n) is 17.4. The minimum atomic E-state index is -0.415. The second-order valence-electron chi connectivity index (χ2n) is 8.78. The van der Waals surface area contributed by atoms with E-state index < -0.39 is 5.60 Å². The second-order valence-corrected chi connectivity index (χ2v) is 8.78. The highest BCUT2D eigenvalue weighted by Crippen LogP contribution is 2.23. The third-order valence-electron chi connectivity index (χ3n) is 5.42. The van der Waals surface area contributed by atoms with Crippen LogP contribution < -0.4 is 0 Å². The molecule has 0 atom stereocenters. The summed E-state index contributed by atoms with van der Waals surface area (Å²) in [6.45, 7) is 11.7. The Morgan fingerprint density at radius 2 is 1.50 bits per heavy atom. The molecule has 2 aliphatic rings. The number of benzene rings is 1. The standard InChI is InChI=1S/C22H33N3O3/c1-22(2,3)28-21(27)19-9-11-24(12-10-19)25-15-13-23(14-16-25)17-20(26)18-7-5-4-6-8-18/h4-8,19H,9-17H2,1-3H3. The number of Topliss-reactive ketones (excluding diaryl/α,β-unsaturated/α-hetero) is 1. The average Bonchev–Trinajstić information content (AvgIpc) is 2.68. The minimum Gasteiger partial charge on any atom is -0.460 e. The number of piperazine rings is 1. The number of ketones is 1. The molecule has 1 aromatic rings. The van der Waals surface area contributed by atoms with Crippen LogP contribution in [0.2, 0.25) is 0 Å². The number of ether oxygens (including phenoxy) is 1. The number of hydrazine groups is 1. The van der Waals surface area contributed by atoms with Crippen LogP contribution >= 0.6 is 0 Å². The number of hydrogen-bond acceptors (Lipinski definition) is 6. The van der Waals surface area contributed by atoms with E-state index in [1.54, 1.807) is 0 Å². The van der Waals surface area contributed by atoms with Gasteiger partial charge in [0.25, 0.3) is 0 Å². The number of hydrogen-bond donors (Lipinski definition) is 0. The van der Waals surface area contributed by atoms with Crippen molar-refractivity contribution in [3.05, 3.63) is 35.9 Å². The SMILES string of the molecule is CC(C)(C)OC(=O)C1CCN(N2CCN(CC(=O)c3ccccc3)CC2)CC1. The van der Waals surface area contributed by atoms with E-state index in [4.69, 9.17) is 4.74 Å². The normalized spacial score (nSPS) is 20.8. The predicted molar refractivity (Wildman–Crippen MR) is 109 cm³/mol. The highest BCUT2D eigenvalue weighted by Gasteiger charge is 2.32. The summed E-state index contributed by atoms with van der Waals surface area (Å²) < 4.78 is 5.54. The lowest BCUT2D eigenvalue weighted by Gasteiger charge is -2.43. The summed E-state index contributed by atoms with van der Waals surface area (Å²) in [6.07, 6.45) is 1.70. The summed E-state index contributed by atoms with van der Waals surface area (Å²) in [6, 6.07) is 9.51. The van der Waals surface area contributed by atoms with Gasteiger partial charge in [0.2, 0.25) is 0 Å². The molecule has 0 spiro atoms. The third kappa shape index (κ3) is 5.87. The van der Waals surface area contributed by atoms with Gasteiger partial charge in [0.05, 0.1) is 12.5 Å². The van der Waals surface area contributed by atoms with Crippen molar-refractivity contribution in [2.75, 3.05) is 45.8 Å². The summed E-state index contributed by atoms with van der Waals surface area (Å²) in [4.78, 5) is 26.9. The van der Waals surface area contributed by atoms with Crippen molar-refractivity contribution in [3.63, 3.8) is 0 Å². The van der Waals surface area contributed by atoms with E-state index in [1.165, 1.54) is 0 Å². The summed E-state index contributed by atoms with van der Waals surface area (Å²) in [5.41, 5.74) is 0.371. The van der Waals surface area contributed by atoms with Crippen molar-refractivity contribution in [1.82, 2.24) is 14.9 Å². The van der Waals surface area contributed by atoms with Crippen LogP contribution in [-0.4, -0.2) is 78.1 Å². The fourth-order valence-corrected chi connectivity index (χ4v) is 3.87. The maximum absolute atomic E-state index is 12.4. The second kappa shape index (κ2) is 9.16. The van der Waals surface area contributed by atoms with Gasteiger partial charge in [0.1, 0.15) is 5.60 Å². The Morgan fingerprint density at radius 3 is 2.07 bits per heavy atom. The van der Waals surface area contributed by atoms with Gasteiger partial charge in [-0.05, 0) is 33.6 Å². The van der Waals surface area contributed by atoms with Gasteiger partial charge in [-0.15, -0.1) is 0 Å². The first kappa shape index (κ1) is 21.0. The number of carbonyl (C=O) groups is 2. The zero-order chi connectivity index (χ0) is 20.1. The molecule has 3 rings (SSSR count). The molecule has 0 saturated carbocycles. The quantitative estimate of drug-likeness (QED) is 0.571. The van der Waals surface area contributed by atoms with Crippen molar-refractivity contribution >= 4 is 11.8 Å². The van der Waals surface area contributed by atoms with E-state index in [0.29, 0.717) is 6.54 Å². The van der Waals surface area contributed by atoms with Crippen molar-refractivity contribution in [3.8, 4) is 0 Å². The van der Waals surface area contributed by atoms with Gasteiger partial charge in [0.15, 0.2) is 5.78 Å². The van der Waals surface area contributed by atoms with Crippen molar-refractivity contribution in [1.29, 1.82) is 0 Å². The molecule has 0 aliphatic carbocycles. The Kier molecular flexibility index (Phi) is 6.86. The highest BCUT2D eigenvalue weighted by molar-refractivity contribution is 5.97. The lowest BCUT2D eigenvalue weighted by atomic mass is 9.97. The van der Waals surface area contributed by atoms with E-state index >= 15 is 0 Å². The van der Waals surface area contributed by atoms with Crippen molar-refractivity contribution in [2.24, 2.45) is 5.92 Å². The molecule has 0 aromatic heterocycles. The molecule has 2 aliphatic heterocycles. The van der Waals surface area contributed by atoms with Crippen LogP contribution in [0.5, 0.6) is 0 Å². The third-order valence-corrected chi connectivity index (χ3v) is 5.42. The van der Waals surface area contributed by atoms with Crippen LogP contribution in [0.25, 0.3) is 0 Å². The van der Waals surface area contributed by atoms with E-state index in [1.807, 2.05) is 51.1 Å². The molecule has 0 radical (unpaired) electrons. The molecule has 154 valence electrons. The maximum Gasteiger partial charge on any atom is 0.309 e. The first-order valence-corrected chi connectivity index (χ1v) is 10.3. The van der Waals surface area contributed by atoms with E-state index in [9.17, 15) is 9.59 Å². The maximum atomic E-state index is 12.4. The molecule has 6 nitrogen and oxygen atoms in total. The first-order valence-electron chi connectivity index (χ1n) is 10.3. The van der Waals surface area contributed by atoms with Gasteiger partial charge in [-0.2, -0.15) is 0 Å². The van der Waals surface area contributed by atoms with Gasteiger partial charge in [0, 0.05) is 44.8 Å². The molecular weight excluding hydrogens is 354 g/mol. The van der Waals surface area contributed by atoms with Crippen LogP contribution in [0.1, 0.15) is 44.0 Å². The molecule has 2 heterocycles. The predicted octanol–water partition coefficient (Wildman–Crippen LogP) is 2.46. The lowest BCUT2D eigenvalue weighted by molar-refractivity contribution is -0.164. The average molecular weight is 388 g/mol. The Labute approximate surface area is 168 Å². The van der Waals surface area contributed by atoms with Gasteiger partial charge >= 0.3 is 5.97 Å². The molecule has 2 fully saturated rings. The van der Waals surface area contributed by atoms with E-state index in [-0.39, 0.29) is 17.7 Å². The molecule has 0 N–H and O–H groups in total. The number of carbonyl (C=O) groups excluding carboxylic acids is 2. The van der Waals surface area contributed by atoms with Gasteiger partial charge in [-0.1, -0.05) is 30.3 Å². The Hall–Kier alpha value is -1.76. The van der Waals surface area contributed by atoms with Crippen molar-refractivity contribution < 1.29 is 14.3 Å². The Morgan fingerprint density at radius 1 is 0.929 bits per heavy atom. The van der Waals surface area contributed by atoms with Gasteiger partial charge < -0.3 is 4.74 Å². The summed E-state index contributed by atoms with van der Waals surface area (Å²) >= 11 is 0. The van der Waals surface area contributed by atoms with Crippen LogP contribution in [0, 0.1) is 5.92 Å². The summed E-state index contributed by atoms with van der Waals surface area (Å²) in [5.74, 6) is 0.142. The Bertz CT molecular complexity index is 655. The first-order chi connectivity index (χ1) is 13.3. The number of esters is 1. The molecule has 0 bridgehead atoms. The smallest absolute Gasteiger partial charge is 0.309 e. The molecule has 0 unspecified atom stereocenters. The number of piperidine rings is 1. The summed E-state index contributed by atoms with van der Waals surface area (Å²) in [7, 11) is 0. The highest BCUT2D eigenvalue weighted by atomic mass is 16.6. The lowest BCUT2D eigenvalue weighted by Crippen LogP contribution is -2.56. The summed E-state index contributed by atoms with van der Waals surface area (Å²) in [5, 5.41) is 4.76. The molecule has 6 heteroatoms. The fraction of sp³-hybridized carbons (Fsp3) is 0.636. The van der Waals surface area contributed by atoms with Gasteiger partial charge in [-0.3, -0.25) is 14.5 Å². The Balaban J connectivity index is 1.40. The number of nitrogens with zero attached hydrogens (tertiary/aromatic N) is 3. The van der Waals surface area contributed by atoms with E-state index in [0.717, 1.165) is 57.7 Å². The topological polar surface area (TPSA) is 53.1 Å². The van der Waals surface area contributed by atoms with Crippen LogP contribution in [-0.2, 0) is 9.53 Å². The van der Waals surface area contributed by atoms with E-state index in [2.05, 4.69) is 14.9 Å². The monoisotopic (exact) mass is 387 g/mol. The van der Waals surface area contributed by atoms with Gasteiger partial charge in [-0.25, -0.2) is 10.0 Å². The molecule has 28 heavy (non-hydrogen) atoms. The van der Waals surface area contributed by atoms with Crippen LogP contribution in [0.3, 0.4) is 0 Å². The molecule has 0 amide bonds. The van der Waals surface area contributed by atoms with Crippen LogP contribution in [0.15, 0.2) is 30.3 Å². The van der Waals surface area contributed by atoms with Crippen LogP contribution in [0.4, 0.5) is 0 Å². The largest absolute Gasteiger partial charge is 0.460 e. The fourth-order valence-electron chi connectivity index (χ4n) is 3.87. The zero-order valence-corrected chi connectivity index (χ0v) is 17.4. The van der Waals surface area contributed by atoms with Crippen molar-refractivity contribution in [2.45, 2.75) is 39.2 Å². The number of rotatable bonds is 5.